The number of fused-ring (bicyclic) bond motifs is 1. The normalized spacial score (nSPS) is 18.9. The Morgan fingerprint density at radius 3 is 3.16 bits per heavy atom. The van der Waals surface area contributed by atoms with Gasteiger partial charge in [0.1, 0.15) is 0 Å². The summed E-state index contributed by atoms with van der Waals surface area (Å²) in [6, 6.07) is 5.19. The van der Waals surface area contributed by atoms with Crippen LogP contribution in [0.4, 0.5) is 5.82 Å². The molecule has 8 nitrogen and oxygen atoms in total. The summed E-state index contributed by atoms with van der Waals surface area (Å²) in [5, 5.41) is 3.03. The average Bonchev–Trinajstić information content (AvgIpc) is 3.11. The maximum atomic E-state index is 12.6. The highest BCUT2D eigenvalue weighted by Crippen LogP contribution is 2.35. The molecule has 0 aliphatic carbocycles. The zero-order chi connectivity index (χ0) is 17.2. The third-order valence-corrected chi connectivity index (χ3v) is 4.39. The number of piperidine rings is 1. The maximum Gasteiger partial charge on any atom is 0.290 e. The van der Waals surface area contributed by atoms with E-state index in [0.29, 0.717) is 29.4 Å². The van der Waals surface area contributed by atoms with Gasteiger partial charge in [-0.25, -0.2) is 4.98 Å². The summed E-state index contributed by atoms with van der Waals surface area (Å²) in [6.45, 7) is 1.40. The number of hydrogen-bond acceptors (Lipinski definition) is 6. The Morgan fingerprint density at radius 1 is 1.36 bits per heavy atom. The summed E-state index contributed by atoms with van der Waals surface area (Å²) in [4.78, 5) is 33.2. The number of aromatic nitrogens is 2. The Hall–Kier alpha value is -3.03. The molecule has 2 N–H and O–H groups in total. The number of rotatable bonds is 3. The van der Waals surface area contributed by atoms with E-state index in [0.717, 1.165) is 19.4 Å². The molecule has 130 valence electrons. The molecular weight excluding hydrogens is 324 g/mol. The van der Waals surface area contributed by atoms with Gasteiger partial charge in [-0.2, -0.15) is 0 Å². The minimum absolute atomic E-state index is 0.0687. The van der Waals surface area contributed by atoms with Crippen molar-refractivity contribution in [1.29, 1.82) is 0 Å². The Kier molecular flexibility index (Phi) is 4.01. The summed E-state index contributed by atoms with van der Waals surface area (Å²) in [5.74, 6) is 1.25. The molecule has 0 unspecified atom stereocenters. The second-order valence-corrected chi connectivity index (χ2v) is 6.04. The molecule has 8 heteroatoms. The number of hydrogen-bond donors (Lipinski definition) is 2. The first-order chi connectivity index (χ1) is 12.2. The van der Waals surface area contributed by atoms with Crippen molar-refractivity contribution < 1.29 is 14.3 Å². The quantitative estimate of drug-likeness (QED) is 0.860. The zero-order valence-corrected chi connectivity index (χ0v) is 13.5. The van der Waals surface area contributed by atoms with Gasteiger partial charge < -0.3 is 24.7 Å². The number of anilines is 1. The fraction of sp³-hybridized carbons (Fsp3) is 0.353. The first-order valence-corrected chi connectivity index (χ1v) is 8.20. The molecule has 4 rings (SSSR count). The van der Waals surface area contributed by atoms with E-state index in [2.05, 4.69) is 15.3 Å². The topological polar surface area (TPSA) is 96.6 Å². The van der Waals surface area contributed by atoms with Crippen LogP contribution in [0.3, 0.4) is 0 Å². The van der Waals surface area contributed by atoms with Gasteiger partial charge in [-0.3, -0.25) is 9.59 Å². The molecule has 2 aromatic rings. The van der Waals surface area contributed by atoms with Crippen molar-refractivity contribution in [2.75, 3.05) is 24.8 Å². The molecule has 2 aliphatic heterocycles. The maximum absolute atomic E-state index is 12.6. The second kappa shape index (κ2) is 6.46. The number of benzene rings is 1. The van der Waals surface area contributed by atoms with E-state index in [1.807, 2.05) is 4.90 Å². The van der Waals surface area contributed by atoms with Gasteiger partial charge in [0.05, 0.1) is 5.56 Å². The van der Waals surface area contributed by atoms with Gasteiger partial charge in [0, 0.05) is 31.5 Å². The summed E-state index contributed by atoms with van der Waals surface area (Å²) >= 11 is 0. The van der Waals surface area contributed by atoms with Crippen LogP contribution in [0.2, 0.25) is 0 Å². The number of nitrogens with zero attached hydrogens (tertiary/aromatic N) is 2. The lowest BCUT2D eigenvalue weighted by Crippen LogP contribution is -2.49. The van der Waals surface area contributed by atoms with Gasteiger partial charge >= 0.3 is 0 Å². The van der Waals surface area contributed by atoms with Gasteiger partial charge in [-0.05, 0) is 25.0 Å². The molecule has 25 heavy (non-hydrogen) atoms. The van der Waals surface area contributed by atoms with Crippen LogP contribution in [0, 0.1) is 0 Å². The largest absolute Gasteiger partial charge is 0.454 e. The minimum Gasteiger partial charge on any atom is -0.454 e. The number of para-hydroxylation sites is 1. The van der Waals surface area contributed by atoms with Crippen molar-refractivity contribution in [1.82, 2.24) is 15.3 Å². The van der Waals surface area contributed by atoms with Gasteiger partial charge in [0.2, 0.25) is 6.79 Å². The van der Waals surface area contributed by atoms with Crippen LogP contribution in [0.1, 0.15) is 23.2 Å². The SMILES string of the molecule is O=C(N[C@H]1CCCN(c2ncc[nH]c2=O)C1)c1cccc2c1OCO2. The van der Waals surface area contributed by atoms with Crippen molar-refractivity contribution in [2.45, 2.75) is 18.9 Å². The predicted molar refractivity (Wildman–Crippen MR) is 90.1 cm³/mol. The van der Waals surface area contributed by atoms with Crippen LogP contribution in [-0.2, 0) is 0 Å². The fourth-order valence-corrected chi connectivity index (χ4v) is 3.23. The third-order valence-electron chi connectivity index (χ3n) is 4.39. The lowest BCUT2D eigenvalue weighted by Gasteiger charge is -2.33. The van der Waals surface area contributed by atoms with E-state index in [4.69, 9.17) is 9.47 Å². The Labute approximate surface area is 143 Å². The van der Waals surface area contributed by atoms with E-state index in [1.165, 1.54) is 6.20 Å². The summed E-state index contributed by atoms with van der Waals surface area (Å²) < 4.78 is 10.7. The van der Waals surface area contributed by atoms with Crippen LogP contribution >= 0.6 is 0 Å². The molecule has 1 aromatic heterocycles. The van der Waals surface area contributed by atoms with Crippen LogP contribution in [0.25, 0.3) is 0 Å². The molecule has 0 radical (unpaired) electrons. The van der Waals surface area contributed by atoms with E-state index in [1.54, 1.807) is 24.4 Å². The molecule has 0 spiro atoms. The fourth-order valence-electron chi connectivity index (χ4n) is 3.23. The first-order valence-electron chi connectivity index (χ1n) is 8.20. The highest BCUT2D eigenvalue weighted by atomic mass is 16.7. The third kappa shape index (κ3) is 3.02. The minimum atomic E-state index is -0.221. The van der Waals surface area contributed by atoms with Crippen molar-refractivity contribution >= 4 is 11.7 Å². The Balaban J connectivity index is 1.48. The van der Waals surface area contributed by atoms with Crippen molar-refractivity contribution in [3.8, 4) is 11.5 Å². The molecule has 1 aromatic carbocycles. The van der Waals surface area contributed by atoms with Crippen LogP contribution in [0.15, 0.2) is 35.4 Å². The highest BCUT2D eigenvalue weighted by Gasteiger charge is 2.27. The van der Waals surface area contributed by atoms with Gasteiger partial charge in [0.25, 0.3) is 11.5 Å². The smallest absolute Gasteiger partial charge is 0.290 e. The predicted octanol–water partition coefficient (Wildman–Crippen LogP) is 0.897. The molecule has 1 amide bonds. The van der Waals surface area contributed by atoms with Crippen molar-refractivity contribution in [3.05, 3.63) is 46.5 Å². The standard InChI is InChI=1S/C17H18N4O4/c22-16(12-4-1-5-13-14(12)25-10-24-13)20-11-3-2-8-21(9-11)15-17(23)19-7-6-18-15/h1,4-7,11H,2-3,8-10H2,(H,19,23)(H,20,22)/t11-/m0/s1. The molecular formula is C17H18N4O4. The van der Waals surface area contributed by atoms with Crippen LogP contribution in [-0.4, -0.2) is 41.8 Å². The lowest BCUT2D eigenvalue weighted by molar-refractivity contribution is 0.0928. The van der Waals surface area contributed by atoms with Crippen molar-refractivity contribution in [3.63, 3.8) is 0 Å². The van der Waals surface area contributed by atoms with E-state index >= 15 is 0 Å². The van der Waals surface area contributed by atoms with Gasteiger partial charge in [-0.15, -0.1) is 0 Å². The summed E-state index contributed by atoms with van der Waals surface area (Å²) in [6.07, 6.45) is 4.78. The monoisotopic (exact) mass is 342 g/mol. The molecule has 0 bridgehead atoms. The first kappa shape index (κ1) is 15.5. The lowest BCUT2D eigenvalue weighted by atomic mass is 10.0. The summed E-state index contributed by atoms with van der Waals surface area (Å²) in [5.41, 5.74) is 0.240. The molecule has 2 aliphatic rings. The Morgan fingerprint density at radius 2 is 2.28 bits per heavy atom. The molecule has 1 saturated heterocycles. The summed E-state index contributed by atoms with van der Waals surface area (Å²) in [7, 11) is 0. The second-order valence-electron chi connectivity index (χ2n) is 6.04. The Bertz CT molecular complexity index is 851. The van der Waals surface area contributed by atoms with Crippen molar-refractivity contribution in [2.24, 2.45) is 0 Å². The van der Waals surface area contributed by atoms with Gasteiger partial charge in [-0.1, -0.05) is 6.07 Å². The zero-order valence-electron chi connectivity index (χ0n) is 13.5. The highest BCUT2D eigenvalue weighted by molar-refractivity contribution is 5.98. The van der Waals surface area contributed by atoms with E-state index in [-0.39, 0.29) is 24.3 Å². The van der Waals surface area contributed by atoms with Crippen LogP contribution < -0.4 is 25.2 Å². The van der Waals surface area contributed by atoms with Gasteiger partial charge in [0.15, 0.2) is 17.3 Å². The number of carbonyl (C=O) groups excluding carboxylic acids is 1. The molecule has 3 heterocycles. The average molecular weight is 342 g/mol. The van der Waals surface area contributed by atoms with E-state index < -0.39 is 0 Å². The molecule has 1 fully saturated rings. The number of aromatic amines is 1. The number of H-pyrrole nitrogens is 1. The number of ether oxygens (including phenoxy) is 2. The molecule has 0 saturated carbocycles. The number of amides is 1. The number of carbonyl (C=O) groups is 1. The van der Waals surface area contributed by atoms with E-state index in [9.17, 15) is 9.59 Å². The molecule has 1 atom stereocenters. The van der Waals surface area contributed by atoms with Crippen LogP contribution in [0.5, 0.6) is 11.5 Å². The number of nitrogens with one attached hydrogen (secondary N) is 2.